The third-order valence-electron chi connectivity index (χ3n) is 2.71. The lowest BCUT2D eigenvalue weighted by atomic mass is 10.0. The molecule has 0 heterocycles. The van der Waals surface area contributed by atoms with Crippen LogP contribution < -0.4 is 16.4 Å². The van der Waals surface area contributed by atoms with E-state index in [0.29, 0.717) is 25.3 Å². The predicted molar refractivity (Wildman–Crippen MR) is 73.0 cm³/mol. The number of carbonyl (C=O) groups is 2. The van der Waals surface area contributed by atoms with Crippen LogP contribution in [0.3, 0.4) is 0 Å². The fraction of sp³-hybridized carbons (Fsp3) is 0.846. The van der Waals surface area contributed by atoms with Crippen LogP contribution in [0.25, 0.3) is 0 Å². The Bertz CT molecular complexity index is 255. The average Bonchev–Trinajstić information content (AvgIpc) is 2.32. The van der Waals surface area contributed by atoms with E-state index in [9.17, 15) is 9.59 Å². The molecule has 0 aromatic carbocycles. The molecule has 18 heavy (non-hydrogen) atoms. The Labute approximate surface area is 110 Å². The highest BCUT2D eigenvalue weighted by atomic mass is 16.2. The van der Waals surface area contributed by atoms with Crippen LogP contribution in [0, 0.1) is 5.92 Å². The Balaban J connectivity index is 4.06. The molecule has 0 rings (SSSR count). The third-order valence-corrected chi connectivity index (χ3v) is 2.71. The van der Waals surface area contributed by atoms with E-state index in [2.05, 4.69) is 10.6 Å². The van der Waals surface area contributed by atoms with E-state index in [4.69, 9.17) is 5.73 Å². The molecule has 1 atom stereocenters. The molecule has 0 saturated carbocycles. The molecule has 1 unspecified atom stereocenters. The zero-order valence-electron chi connectivity index (χ0n) is 11.8. The first-order valence-corrected chi connectivity index (χ1v) is 6.72. The largest absolute Gasteiger partial charge is 0.357 e. The summed E-state index contributed by atoms with van der Waals surface area (Å²) < 4.78 is 0. The average molecular weight is 257 g/mol. The van der Waals surface area contributed by atoms with Gasteiger partial charge < -0.3 is 16.4 Å². The molecular formula is C13H27N3O2. The Morgan fingerprint density at radius 2 is 1.83 bits per heavy atom. The molecule has 0 aromatic rings. The molecule has 0 fully saturated rings. The summed E-state index contributed by atoms with van der Waals surface area (Å²) in [5, 5.41) is 5.38. The van der Waals surface area contributed by atoms with Gasteiger partial charge in [-0.2, -0.15) is 0 Å². The number of likely N-dealkylation sites (N-methyl/N-ethyl adjacent to an activating group) is 1. The fourth-order valence-corrected chi connectivity index (χ4v) is 1.75. The summed E-state index contributed by atoms with van der Waals surface area (Å²) in [6.45, 7) is 4.72. The van der Waals surface area contributed by atoms with E-state index in [1.54, 1.807) is 7.05 Å². The maximum Gasteiger partial charge on any atom is 0.242 e. The Morgan fingerprint density at radius 1 is 1.17 bits per heavy atom. The van der Waals surface area contributed by atoms with E-state index in [1.807, 2.05) is 13.8 Å². The van der Waals surface area contributed by atoms with E-state index in [1.165, 1.54) is 0 Å². The Hall–Kier alpha value is -1.10. The molecule has 5 nitrogen and oxygen atoms in total. The van der Waals surface area contributed by atoms with E-state index >= 15 is 0 Å². The number of amides is 2. The van der Waals surface area contributed by atoms with Crippen LogP contribution in [0.2, 0.25) is 0 Å². The highest BCUT2D eigenvalue weighted by Crippen LogP contribution is 2.06. The van der Waals surface area contributed by atoms with Gasteiger partial charge >= 0.3 is 0 Å². The lowest BCUT2D eigenvalue weighted by molar-refractivity contribution is -0.129. The van der Waals surface area contributed by atoms with Crippen molar-refractivity contribution in [1.82, 2.24) is 10.6 Å². The number of unbranched alkanes of at least 4 members (excludes halogenated alkanes) is 2. The van der Waals surface area contributed by atoms with Gasteiger partial charge in [-0.3, -0.25) is 9.59 Å². The molecule has 0 aliphatic carbocycles. The fourth-order valence-electron chi connectivity index (χ4n) is 1.75. The Kier molecular flexibility index (Phi) is 9.28. The van der Waals surface area contributed by atoms with Gasteiger partial charge in [-0.15, -0.1) is 0 Å². The van der Waals surface area contributed by atoms with Crippen molar-refractivity contribution in [2.24, 2.45) is 11.7 Å². The van der Waals surface area contributed by atoms with Crippen molar-refractivity contribution in [1.29, 1.82) is 0 Å². The van der Waals surface area contributed by atoms with Crippen molar-refractivity contribution >= 4 is 11.8 Å². The van der Waals surface area contributed by atoms with Crippen molar-refractivity contribution in [3.05, 3.63) is 0 Å². The van der Waals surface area contributed by atoms with Gasteiger partial charge in [0.05, 0.1) is 0 Å². The summed E-state index contributed by atoms with van der Waals surface area (Å²) in [6.07, 6.45) is 3.85. The molecule has 4 N–H and O–H groups in total. The van der Waals surface area contributed by atoms with Crippen molar-refractivity contribution in [3.63, 3.8) is 0 Å². The molecule has 0 radical (unpaired) electrons. The Morgan fingerprint density at radius 3 is 2.33 bits per heavy atom. The summed E-state index contributed by atoms with van der Waals surface area (Å²) in [7, 11) is 1.59. The summed E-state index contributed by atoms with van der Waals surface area (Å²) >= 11 is 0. The second-order valence-electron chi connectivity index (χ2n) is 4.96. The molecule has 5 heteroatoms. The first-order valence-electron chi connectivity index (χ1n) is 6.72. The minimum atomic E-state index is -0.419. The molecular weight excluding hydrogens is 230 g/mol. The van der Waals surface area contributed by atoms with Crippen LogP contribution in [0.1, 0.15) is 46.0 Å². The van der Waals surface area contributed by atoms with Crippen LogP contribution in [-0.4, -0.2) is 31.4 Å². The lowest BCUT2D eigenvalue weighted by Gasteiger charge is -2.19. The second kappa shape index (κ2) is 9.88. The van der Waals surface area contributed by atoms with Gasteiger partial charge in [0.2, 0.25) is 11.8 Å². The standard InChI is InChI=1S/C13H27N3O2/c1-10(2)9-11(13(18)15-3)16-12(17)7-5-4-6-8-14/h10-11H,4-9,14H2,1-3H3,(H,15,18)(H,16,17). The lowest BCUT2D eigenvalue weighted by Crippen LogP contribution is -2.46. The number of nitrogens with one attached hydrogen (secondary N) is 2. The van der Waals surface area contributed by atoms with Crippen LogP contribution in [0.5, 0.6) is 0 Å². The molecule has 0 aliphatic rings. The van der Waals surface area contributed by atoms with Crippen molar-refractivity contribution in [2.75, 3.05) is 13.6 Å². The van der Waals surface area contributed by atoms with Crippen LogP contribution in [0.4, 0.5) is 0 Å². The van der Waals surface area contributed by atoms with Gasteiger partial charge in [0.25, 0.3) is 0 Å². The molecule has 2 amide bonds. The van der Waals surface area contributed by atoms with Crippen LogP contribution in [0.15, 0.2) is 0 Å². The number of hydrogen-bond acceptors (Lipinski definition) is 3. The highest BCUT2D eigenvalue weighted by Gasteiger charge is 2.20. The van der Waals surface area contributed by atoms with Crippen LogP contribution in [-0.2, 0) is 9.59 Å². The first-order chi connectivity index (χ1) is 8.51. The zero-order valence-corrected chi connectivity index (χ0v) is 11.8. The predicted octanol–water partition coefficient (Wildman–Crippen LogP) is 0.782. The number of carbonyl (C=O) groups excluding carboxylic acids is 2. The minimum Gasteiger partial charge on any atom is -0.357 e. The van der Waals surface area contributed by atoms with Crippen LogP contribution >= 0.6 is 0 Å². The molecule has 106 valence electrons. The smallest absolute Gasteiger partial charge is 0.242 e. The van der Waals surface area contributed by atoms with E-state index in [-0.39, 0.29) is 11.8 Å². The van der Waals surface area contributed by atoms with Crippen molar-refractivity contribution in [2.45, 2.75) is 52.0 Å². The molecule has 0 aliphatic heterocycles. The van der Waals surface area contributed by atoms with Gasteiger partial charge in [0.1, 0.15) is 6.04 Å². The summed E-state index contributed by atoms with van der Waals surface area (Å²) in [6, 6.07) is -0.419. The number of rotatable bonds is 9. The van der Waals surface area contributed by atoms with Gasteiger partial charge in [-0.1, -0.05) is 20.3 Å². The maximum absolute atomic E-state index is 11.7. The minimum absolute atomic E-state index is 0.0544. The summed E-state index contributed by atoms with van der Waals surface area (Å²) in [5.74, 6) is 0.185. The number of nitrogens with two attached hydrogens (primary N) is 1. The van der Waals surface area contributed by atoms with Crippen molar-refractivity contribution in [3.8, 4) is 0 Å². The quantitative estimate of drug-likeness (QED) is 0.534. The van der Waals surface area contributed by atoms with E-state index < -0.39 is 6.04 Å². The number of hydrogen-bond donors (Lipinski definition) is 3. The SMILES string of the molecule is CNC(=O)C(CC(C)C)NC(=O)CCCCCN. The van der Waals surface area contributed by atoms with Crippen molar-refractivity contribution < 1.29 is 9.59 Å². The summed E-state index contributed by atoms with van der Waals surface area (Å²) in [5.41, 5.74) is 5.39. The normalized spacial score (nSPS) is 12.3. The molecule has 0 aromatic heterocycles. The second-order valence-corrected chi connectivity index (χ2v) is 4.96. The monoisotopic (exact) mass is 257 g/mol. The first kappa shape index (κ1) is 16.9. The third kappa shape index (κ3) is 8.06. The van der Waals surface area contributed by atoms with Gasteiger partial charge in [-0.25, -0.2) is 0 Å². The topological polar surface area (TPSA) is 84.2 Å². The molecule has 0 bridgehead atoms. The highest BCUT2D eigenvalue weighted by molar-refractivity contribution is 5.87. The maximum atomic E-state index is 11.7. The molecule has 0 spiro atoms. The summed E-state index contributed by atoms with van der Waals surface area (Å²) in [4.78, 5) is 23.3. The van der Waals surface area contributed by atoms with Gasteiger partial charge in [0, 0.05) is 13.5 Å². The zero-order chi connectivity index (χ0) is 14.0. The van der Waals surface area contributed by atoms with Gasteiger partial charge in [-0.05, 0) is 31.7 Å². The molecule has 0 saturated heterocycles. The van der Waals surface area contributed by atoms with Gasteiger partial charge in [0.15, 0.2) is 0 Å². The van der Waals surface area contributed by atoms with E-state index in [0.717, 1.165) is 19.3 Å².